The number of hydrogen-bond donors (Lipinski definition) is 2. The zero-order valence-corrected chi connectivity index (χ0v) is 12.0. The number of carbonyl (C=O) groups excluding carboxylic acids is 1. The first-order chi connectivity index (χ1) is 8.41. The maximum absolute atomic E-state index is 11.8. The van der Waals surface area contributed by atoms with E-state index in [1.165, 1.54) is 0 Å². The summed E-state index contributed by atoms with van der Waals surface area (Å²) >= 11 is 1.63. The van der Waals surface area contributed by atoms with Crippen molar-refractivity contribution in [2.45, 2.75) is 32.9 Å². The average Bonchev–Trinajstić information content (AvgIpc) is 2.28. The van der Waals surface area contributed by atoms with Crippen LogP contribution in [0.15, 0.2) is 0 Å². The molecule has 2 N–H and O–H groups in total. The number of nitrogens with one attached hydrogen (secondary N) is 1. The molecule has 0 bridgehead atoms. The minimum absolute atomic E-state index is 0.0886. The van der Waals surface area contributed by atoms with E-state index in [1.807, 2.05) is 20.8 Å². The van der Waals surface area contributed by atoms with E-state index >= 15 is 0 Å². The van der Waals surface area contributed by atoms with Gasteiger partial charge in [0.15, 0.2) is 0 Å². The van der Waals surface area contributed by atoms with Crippen molar-refractivity contribution in [1.82, 2.24) is 10.2 Å². The molecule has 18 heavy (non-hydrogen) atoms. The summed E-state index contributed by atoms with van der Waals surface area (Å²) in [6.07, 6.45) is 0. The molecule has 1 fully saturated rings. The Morgan fingerprint density at radius 1 is 1.44 bits per heavy atom. The smallest absolute Gasteiger partial charge is 0.321 e. The lowest BCUT2D eigenvalue weighted by Gasteiger charge is -2.32. The SMILES string of the molecule is CC(C)C(C)NC(=O)CN1CCSCC1C(=O)O. The van der Waals surface area contributed by atoms with Crippen LogP contribution in [0.5, 0.6) is 0 Å². The first-order valence-corrected chi connectivity index (χ1v) is 7.41. The minimum Gasteiger partial charge on any atom is -0.480 e. The van der Waals surface area contributed by atoms with Gasteiger partial charge in [-0.05, 0) is 12.8 Å². The van der Waals surface area contributed by atoms with Crippen LogP contribution in [-0.4, -0.2) is 58.6 Å². The predicted octanol–water partition coefficient (Wildman–Crippen LogP) is 0.649. The van der Waals surface area contributed by atoms with Gasteiger partial charge in [-0.2, -0.15) is 11.8 Å². The molecule has 1 amide bonds. The fourth-order valence-electron chi connectivity index (χ4n) is 1.71. The monoisotopic (exact) mass is 274 g/mol. The summed E-state index contributed by atoms with van der Waals surface area (Å²) in [5, 5.41) is 12.0. The van der Waals surface area contributed by atoms with Crippen LogP contribution in [0.3, 0.4) is 0 Å². The molecule has 0 spiro atoms. The highest BCUT2D eigenvalue weighted by Gasteiger charge is 2.30. The van der Waals surface area contributed by atoms with E-state index < -0.39 is 12.0 Å². The van der Waals surface area contributed by atoms with Crippen molar-refractivity contribution in [2.24, 2.45) is 5.92 Å². The lowest BCUT2D eigenvalue weighted by molar-refractivity contribution is -0.143. The van der Waals surface area contributed by atoms with E-state index in [2.05, 4.69) is 5.32 Å². The number of aliphatic carboxylic acids is 1. The van der Waals surface area contributed by atoms with Gasteiger partial charge in [0.25, 0.3) is 0 Å². The van der Waals surface area contributed by atoms with Crippen LogP contribution >= 0.6 is 11.8 Å². The standard InChI is InChI=1S/C12H22N2O3S/c1-8(2)9(3)13-11(15)6-14-4-5-18-7-10(14)12(16)17/h8-10H,4-7H2,1-3H3,(H,13,15)(H,16,17). The van der Waals surface area contributed by atoms with E-state index in [9.17, 15) is 9.59 Å². The van der Waals surface area contributed by atoms with Crippen molar-refractivity contribution in [3.8, 4) is 0 Å². The molecule has 104 valence electrons. The van der Waals surface area contributed by atoms with Crippen molar-refractivity contribution < 1.29 is 14.7 Å². The van der Waals surface area contributed by atoms with Gasteiger partial charge in [0.2, 0.25) is 5.91 Å². The molecule has 0 aromatic heterocycles. The van der Waals surface area contributed by atoms with Gasteiger partial charge in [-0.25, -0.2) is 0 Å². The lowest BCUT2D eigenvalue weighted by atomic mass is 10.1. The molecule has 2 atom stereocenters. The number of rotatable bonds is 5. The summed E-state index contributed by atoms with van der Waals surface area (Å²) in [7, 11) is 0. The lowest BCUT2D eigenvalue weighted by Crippen LogP contribution is -2.52. The van der Waals surface area contributed by atoms with Crippen LogP contribution < -0.4 is 5.32 Å². The molecule has 1 aliphatic rings. The third-order valence-corrected chi connectivity index (χ3v) is 4.28. The van der Waals surface area contributed by atoms with Crippen LogP contribution in [0, 0.1) is 5.92 Å². The van der Waals surface area contributed by atoms with Gasteiger partial charge < -0.3 is 10.4 Å². The summed E-state index contributed by atoms with van der Waals surface area (Å²) in [5.74, 6) is 0.890. The third-order valence-electron chi connectivity index (χ3n) is 3.26. The Morgan fingerprint density at radius 3 is 2.67 bits per heavy atom. The van der Waals surface area contributed by atoms with Crippen molar-refractivity contribution in [2.75, 3.05) is 24.6 Å². The molecule has 6 heteroatoms. The summed E-state index contributed by atoms with van der Waals surface area (Å²) in [6.45, 7) is 6.88. The zero-order chi connectivity index (χ0) is 13.7. The van der Waals surface area contributed by atoms with Crippen molar-refractivity contribution >= 4 is 23.6 Å². The molecule has 0 aromatic carbocycles. The van der Waals surface area contributed by atoms with Crippen molar-refractivity contribution in [1.29, 1.82) is 0 Å². The Labute approximate surface area is 112 Å². The molecule has 0 saturated carbocycles. The number of carboxylic acid groups (broad SMARTS) is 1. The second-order valence-corrected chi connectivity index (χ2v) is 6.15. The molecule has 1 saturated heterocycles. The van der Waals surface area contributed by atoms with Gasteiger partial charge in [0.1, 0.15) is 6.04 Å². The number of amides is 1. The van der Waals surface area contributed by atoms with Gasteiger partial charge >= 0.3 is 5.97 Å². The fraction of sp³-hybridized carbons (Fsp3) is 0.833. The number of carbonyl (C=O) groups is 2. The average molecular weight is 274 g/mol. The molecule has 5 nitrogen and oxygen atoms in total. The highest BCUT2D eigenvalue weighted by molar-refractivity contribution is 7.99. The number of carboxylic acids is 1. The molecular weight excluding hydrogens is 252 g/mol. The van der Waals surface area contributed by atoms with Crippen LogP contribution in [0.1, 0.15) is 20.8 Å². The van der Waals surface area contributed by atoms with Gasteiger partial charge in [0, 0.05) is 24.1 Å². The molecule has 0 radical (unpaired) electrons. The fourth-order valence-corrected chi connectivity index (χ4v) is 2.81. The normalized spacial score (nSPS) is 22.8. The summed E-state index contributed by atoms with van der Waals surface area (Å²) in [5.41, 5.74) is 0. The molecule has 1 aliphatic heterocycles. The van der Waals surface area contributed by atoms with Gasteiger partial charge in [-0.3, -0.25) is 14.5 Å². The molecule has 0 aromatic rings. The summed E-state index contributed by atoms with van der Waals surface area (Å²) < 4.78 is 0. The largest absolute Gasteiger partial charge is 0.480 e. The molecule has 2 unspecified atom stereocenters. The Bertz CT molecular complexity index is 310. The molecule has 1 rings (SSSR count). The Morgan fingerprint density at radius 2 is 2.11 bits per heavy atom. The van der Waals surface area contributed by atoms with E-state index in [-0.39, 0.29) is 18.5 Å². The number of hydrogen-bond acceptors (Lipinski definition) is 4. The second kappa shape index (κ2) is 6.99. The molecular formula is C12H22N2O3S. The highest BCUT2D eigenvalue weighted by atomic mass is 32.2. The number of nitrogens with zero attached hydrogens (tertiary/aromatic N) is 1. The summed E-state index contributed by atoms with van der Waals surface area (Å²) in [6, 6.07) is -0.427. The van der Waals surface area contributed by atoms with Crippen LogP contribution in [0.25, 0.3) is 0 Å². The van der Waals surface area contributed by atoms with Crippen LogP contribution in [0.2, 0.25) is 0 Å². The van der Waals surface area contributed by atoms with Crippen molar-refractivity contribution in [3.63, 3.8) is 0 Å². The quantitative estimate of drug-likeness (QED) is 0.770. The maximum Gasteiger partial charge on any atom is 0.321 e. The highest BCUT2D eigenvalue weighted by Crippen LogP contribution is 2.16. The van der Waals surface area contributed by atoms with E-state index in [0.29, 0.717) is 18.2 Å². The van der Waals surface area contributed by atoms with Gasteiger partial charge in [-0.15, -0.1) is 0 Å². The first-order valence-electron chi connectivity index (χ1n) is 6.25. The van der Waals surface area contributed by atoms with E-state index in [1.54, 1.807) is 16.7 Å². The Hall–Kier alpha value is -0.750. The second-order valence-electron chi connectivity index (χ2n) is 5.00. The topological polar surface area (TPSA) is 69.6 Å². The first kappa shape index (κ1) is 15.3. The van der Waals surface area contributed by atoms with Crippen molar-refractivity contribution in [3.05, 3.63) is 0 Å². The molecule has 0 aliphatic carbocycles. The van der Waals surface area contributed by atoms with Gasteiger partial charge in [-0.1, -0.05) is 13.8 Å². The minimum atomic E-state index is -0.841. The third kappa shape index (κ3) is 4.49. The Balaban J connectivity index is 2.48. The van der Waals surface area contributed by atoms with E-state index in [4.69, 9.17) is 5.11 Å². The van der Waals surface area contributed by atoms with Gasteiger partial charge in [0.05, 0.1) is 6.54 Å². The summed E-state index contributed by atoms with van der Waals surface area (Å²) in [4.78, 5) is 24.7. The molecule has 1 heterocycles. The van der Waals surface area contributed by atoms with E-state index in [0.717, 1.165) is 5.75 Å². The Kier molecular flexibility index (Phi) is 5.95. The zero-order valence-electron chi connectivity index (χ0n) is 11.2. The predicted molar refractivity (Wildman–Crippen MR) is 72.8 cm³/mol. The number of thioether (sulfide) groups is 1. The maximum atomic E-state index is 11.8. The van der Waals surface area contributed by atoms with Crippen LogP contribution in [0.4, 0.5) is 0 Å². The van der Waals surface area contributed by atoms with Crippen LogP contribution in [-0.2, 0) is 9.59 Å².